The van der Waals surface area contributed by atoms with Gasteiger partial charge in [-0.2, -0.15) is 9.35 Å². The molecule has 2 atom stereocenters. The molecule has 12 nitrogen and oxygen atoms in total. The summed E-state index contributed by atoms with van der Waals surface area (Å²) in [6.07, 6.45) is 13.9. The average Bonchev–Trinajstić information content (AvgIpc) is 3.03. The van der Waals surface area contributed by atoms with Crippen molar-refractivity contribution in [1.29, 1.82) is 0 Å². The van der Waals surface area contributed by atoms with E-state index in [-0.39, 0.29) is 17.4 Å². The van der Waals surface area contributed by atoms with Crippen LogP contribution in [-0.2, 0) is 28.9 Å². The first-order valence-electron chi connectivity index (χ1n) is 18.1. The van der Waals surface area contributed by atoms with Gasteiger partial charge in [0, 0.05) is 34.9 Å². The van der Waals surface area contributed by atoms with Crippen molar-refractivity contribution in [2.75, 3.05) is 74.3 Å². The Morgan fingerprint density at radius 1 is 0.740 bits per heavy atom. The maximum atomic E-state index is 12.5. The van der Waals surface area contributed by atoms with Crippen molar-refractivity contribution in [3.8, 4) is 0 Å². The molecule has 4 rings (SSSR count). The van der Waals surface area contributed by atoms with E-state index in [0.29, 0.717) is 43.9 Å². The van der Waals surface area contributed by atoms with Gasteiger partial charge in [-0.1, -0.05) is 0 Å². The summed E-state index contributed by atoms with van der Waals surface area (Å²) in [5.74, 6) is 2.61. The Balaban J connectivity index is 0.000000303. The predicted molar refractivity (Wildman–Crippen MR) is 213 cm³/mol. The van der Waals surface area contributed by atoms with Crippen molar-refractivity contribution in [1.82, 2.24) is 19.9 Å². The minimum absolute atomic E-state index is 0.110. The van der Waals surface area contributed by atoms with E-state index in [1.54, 1.807) is 31.1 Å². The molecule has 2 saturated heterocycles. The molecule has 2 aromatic rings. The molecule has 0 aliphatic carbocycles. The second kappa shape index (κ2) is 20.2. The van der Waals surface area contributed by atoms with Gasteiger partial charge in [0.25, 0.3) is 0 Å². The van der Waals surface area contributed by atoms with E-state index >= 15 is 0 Å². The van der Waals surface area contributed by atoms with E-state index in [9.17, 15) is 8.42 Å². The Labute approximate surface area is 311 Å². The number of aromatic nitrogens is 4. The van der Waals surface area contributed by atoms with Gasteiger partial charge >= 0.3 is 196 Å². The fourth-order valence-corrected chi connectivity index (χ4v) is 22.4. The number of unbranched alkanes of at least 4 members (excludes halogenated alkanes) is 3. The third-order valence-electron chi connectivity index (χ3n) is 8.82. The van der Waals surface area contributed by atoms with E-state index in [2.05, 4.69) is 63.1 Å². The average molecular weight is 864 g/mol. The Kier molecular flexibility index (Phi) is 17.4. The third kappa shape index (κ3) is 13.9. The van der Waals surface area contributed by atoms with Gasteiger partial charge in [-0.05, 0) is 18.5 Å². The van der Waals surface area contributed by atoms with Crippen LogP contribution in [0.15, 0.2) is 20.9 Å². The van der Waals surface area contributed by atoms with Gasteiger partial charge in [0.1, 0.15) is 5.82 Å². The van der Waals surface area contributed by atoms with Crippen molar-refractivity contribution < 1.29 is 17.9 Å². The summed E-state index contributed by atoms with van der Waals surface area (Å²) in [7, 11) is -4.56. The second-order valence-corrected chi connectivity index (χ2v) is 32.4. The smallest absolute Gasteiger partial charge is 0.226 e. The number of rotatable bonds is 14. The van der Waals surface area contributed by atoms with E-state index in [0.717, 1.165) is 22.7 Å². The van der Waals surface area contributed by atoms with E-state index in [1.807, 2.05) is 6.07 Å². The summed E-state index contributed by atoms with van der Waals surface area (Å²) >= 11 is 3.07. The number of hydrogen-bond donors (Lipinski definition) is 0. The van der Waals surface area contributed by atoms with Crippen LogP contribution in [0.1, 0.15) is 73.1 Å². The summed E-state index contributed by atoms with van der Waals surface area (Å²) in [4.78, 5) is 22.9. The van der Waals surface area contributed by atoms with Gasteiger partial charge < -0.3 is 9.64 Å². The molecule has 0 aromatic carbocycles. The van der Waals surface area contributed by atoms with Crippen LogP contribution < -0.4 is 13.6 Å². The maximum absolute atomic E-state index is 12.5. The summed E-state index contributed by atoms with van der Waals surface area (Å²) in [5.41, 5.74) is 0. The minimum atomic E-state index is -2.84. The Morgan fingerprint density at radius 3 is 1.56 bits per heavy atom. The van der Waals surface area contributed by atoms with Gasteiger partial charge in [-0.3, -0.25) is 0 Å². The molecule has 50 heavy (non-hydrogen) atoms. The first-order chi connectivity index (χ1) is 23.6. The van der Waals surface area contributed by atoms with E-state index in [1.165, 1.54) is 51.8 Å². The number of halogens is 1. The zero-order chi connectivity index (χ0) is 37.0. The molecule has 284 valence electrons. The minimum Gasteiger partial charge on any atom is -0.377 e. The first kappa shape index (κ1) is 43.1. The van der Waals surface area contributed by atoms with Crippen LogP contribution in [-0.4, -0.2) is 123 Å². The molecule has 2 fully saturated rings. The van der Waals surface area contributed by atoms with Crippen LogP contribution in [0.5, 0.6) is 0 Å². The number of ether oxygens (including phenoxy) is 2. The first-order valence-corrected chi connectivity index (χ1v) is 30.6. The normalized spacial score (nSPS) is 18.8. The number of hydrogen-bond acceptors (Lipinski definition) is 12. The third-order valence-corrected chi connectivity index (χ3v) is 24.8. The molecular weight excluding hydrogens is 803 g/mol. The van der Waals surface area contributed by atoms with Gasteiger partial charge in [0.15, 0.2) is 5.82 Å². The van der Waals surface area contributed by atoms with Gasteiger partial charge in [-0.25, -0.2) is 9.19 Å². The van der Waals surface area contributed by atoms with Crippen molar-refractivity contribution in [2.45, 2.75) is 98.5 Å². The molecular formula is C34H61ClN8O4S2Sn. The summed E-state index contributed by atoms with van der Waals surface area (Å²) in [6, 6.07) is 4.14. The molecule has 2 aliphatic heterocycles. The van der Waals surface area contributed by atoms with Crippen LogP contribution in [0.25, 0.3) is 0 Å². The quantitative estimate of drug-likeness (QED) is 0.147. The second-order valence-electron chi connectivity index (χ2n) is 14.1. The standard InChI is InChI=1S/C11H17ClN4O2S.C11H17N4O2S.3C4H9.Sn/c1-8-7-18-5-4-16(8)10-6-9(13-11(12)14-10)15-19(2,3)17;1-9-7-17-5-4-15(9)11-6-10(12-8-13-11)14-18(2,3)16;3*1-3-4-2;/h6,8H,4-5,7H2,1-3H3;6,9H,4-5,7H2,1-3H3;3*1,3-4H2,2H3;/t8-;9-;;;;/m11..../s1. The van der Waals surface area contributed by atoms with Crippen molar-refractivity contribution >= 4 is 76.5 Å². The van der Waals surface area contributed by atoms with E-state index in [4.69, 9.17) is 31.0 Å². The molecule has 16 heteroatoms. The van der Waals surface area contributed by atoms with Gasteiger partial charge in [0.05, 0.1) is 19.3 Å². The molecule has 0 amide bonds. The zero-order valence-electron chi connectivity index (χ0n) is 31.8. The van der Waals surface area contributed by atoms with E-state index < -0.39 is 37.8 Å². The predicted octanol–water partition coefficient (Wildman–Crippen LogP) is 6.83. The van der Waals surface area contributed by atoms with Crippen LogP contribution in [0.2, 0.25) is 18.6 Å². The summed E-state index contributed by atoms with van der Waals surface area (Å²) in [5, 5.41) is 0.110. The summed E-state index contributed by atoms with van der Waals surface area (Å²) < 4.78 is 48.9. The van der Waals surface area contributed by atoms with Crippen molar-refractivity contribution in [3.63, 3.8) is 0 Å². The molecule has 2 aliphatic rings. The van der Waals surface area contributed by atoms with Crippen LogP contribution in [0.4, 0.5) is 23.3 Å². The Hall–Kier alpha value is -1.33. The topological polar surface area (TPSA) is 135 Å². The molecule has 0 unspecified atom stereocenters. The number of anilines is 2. The zero-order valence-corrected chi connectivity index (χ0v) is 37.1. The fourth-order valence-electron chi connectivity index (χ4n) is 6.28. The van der Waals surface area contributed by atoms with Gasteiger partial charge in [0.2, 0.25) is 5.28 Å². The Morgan fingerprint density at radius 2 is 1.16 bits per heavy atom. The molecule has 0 spiro atoms. The molecule has 2 aromatic heterocycles. The SMILES string of the molecule is CCC[CH2][Sn]([CH2]CCC)([CH2]CCC)[c]1nc(N=S(C)(C)=O)cc(N2CCOC[C@H]2C)n1.C[C@@H]1COCCN1c1cc(N=S(C)(C)=O)nc(Cl)n1. The molecule has 0 bridgehead atoms. The van der Waals surface area contributed by atoms with Crippen molar-refractivity contribution in [2.24, 2.45) is 8.73 Å². The molecule has 0 radical (unpaired) electrons. The number of nitrogens with zero attached hydrogens (tertiary/aromatic N) is 8. The van der Waals surface area contributed by atoms with Crippen LogP contribution in [0, 0.1) is 0 Å². The monoisotopic (exact) mass is 864 g/mol. The molecule has 0 saturated carbocycles. The van der Waals surface area contributed by atoms with Gasteiger partial charge in [-0.15, -0.1) is 0 Å². The Bertz CT molecular complexity index is 1600. The maximum Gasteiger partial charge on any atom is 0.226 e. The fraction of sp³-hybridized carbons (Fsp3) is 0.765. The summed E-state index contributed by atoms with van der Waals surface area (Å²) in [6.45, 7) is 15.4. The molecule has 4 heterocycles. The largest absolute Gasteiger partial charge is 0.377 e. The molecule has 0 N–H and O–H groups in total. The van der Waals surface area contributed by atoms with Crippen molar-refractivity contribution in [3.05, 3.63) is 17.4 Å². The number of morpholine rings is 2. The van der Waals surface area contributed by atoms with Crippen LogP contribution in [0.3, 0.4) is 0 Å². The van der Waals surface area contributed by atoms with Crippen LogP contribution >= 0.6 is 11.6 Å².